The molecule has 0 unspecified atom stereocenters. The smallest absolute Gasteiger partial charge is 0.262 e. The molecule has 37 heavy (non-hydrogen) atoms. The number of oxazole rings is 1. The van der Waals surface area contributed by atoms with Gasteiger partial charge >= 0.3 is 0 Å². The van der Waals surface area contributed by atoms with Crippen LogP contribution in [0.2, 0.25) is 0 Å². The molecular formula is C25H22BrN5O4S2. The average molecular weight is 601 g/mol. The Morgan fingerprint density at radius 3 is 2.68 bits per heavy atom. The molecule has 1 amide bonds. The van der Waals surface area contributed by atoms with Crippen LogP contribution in [0.5, 0.6) is 0 Å². The summed E-state index contributed by atoms with van der Waals surface area (Å²) in [5.41, 5.74) is 1.88. The summed E-state index contributed by atoms with van der Waals surface area (Å²) in [6, 6.07) is 17.2. The zero-order valence-corrected chi connectivity index (χ0v) is 22.9. The fourth-order valence-electron chi connectivity index (χ4n) is 3.77. The molecule has 0 bridgehead atoms. The maximum absolute atomic E-state index is 12.6. The third-order valence-electron chi connectivity index (χ3n) is 5.62. The quantitative estimate of drug-likeness (QED) is 0.262. The van der Waals surface area contributed by atoms with Crippen LogP contribution in [0, 0.1) is 6.92 Å². The molecule has 5 aromatic rings. The number of carbonyl (C=O) groups excluding carboxylic acids is 1. The lowest BCUT2D eigenvalue weighted by molar-refractivity contribution is 0.0959. The van der Waals surface area contributed by atoms with Crippen molar-refractivity contribution in [2.24, 2.45) is 0 Å². The lowest BCUT2D eigenvalue weighted by Gasteiger charge is -2.05. The van der Waals surface area contributed by atoms with Gasteiger partial charge in [0.1, 0.15) is 16.3 Å². The van der Waals surface area contributed by atoms with E-state index in [9.17, 15) is 13.2 Å². The fraction of sp³-hybridized carbons (Fsp3) is 0.200. The first-order chi connectivity index (χ1) is 17.8. The van der Waals surface area contributed by atoms with Crippen molar-refractivity contribution < 1.29 is 17.6 Å². The highest BCUT2D eigenvalue weighted by atomic mass is 79.9. The Balaban J connectivity index is 1.17. The predicted molar refractivity (Wildman–Crippen MR) is 145 cm³/mol. The number of nitrogens with one attached hydrogen (secondary N) is 1. The second-order valence-corrected chi connectivity index (χ2v) is 12.4. The van der Waals surface area contributed by atoms with Gasteiger partial charge in [-0.3, -0.25) is 4.79 Å². The van der Waals surface area contributed by atoms with Crippen LogP contribution in [0.1, 0.15) is 26.8 Å². The Bertz CT molecular complexity index is 1680. The molecule has 190 valence electrons. The van der Waals surface area contributed by atoms with Crippen molar-refractivity contribution in [2.75, 3.05) is 12.3 Å². The molecule has 3 aromatic heterocycles. The molecule has 12 heteroatoms. The van der Waals surface area contributed by atoms with Crippen LogP contribution in [0.4, 0.5) is 0 Å². The van der Waals surface area contributed by atoms with Gasteiger partial charge in [-0.1, -0.05) is 41.6 Å². The Hall–Kier alpha value is -3.35. The maximum Gasteiger partial charge on any atom is 0.262 e. The van der Waals surface area contributed by atoms with Gasteiger partial charge in [0.25, 0.3) is 5.91 Å². The Kier molecular flexibility index (Phi) is 7.22. The summed E-state index contributed by atoms with van der Waals surface area (Å²) in [6.07, 6.45) is 1.58. The fourth-order valence-corrected chi connectivity index (χ4v) is 6.82. The first-order valence-electron chi connectivity index (χ1n) is 11.4. The number of hydrogen-bond acceptors (Lipinski definition) is 8. The summed E-state index contributed by atoms with van der Waals surface area (Å²) in [4.78, 5) is 17.7. The maximum atomic E-state index is 12.6. The van der Waals surface area contributed by atoms with Crippen LogP contribution in [-0.4, -0.2) is 46.6 Å². The molecule has 0 radical (unpaired) electrons. The molecular weight excluding hydrogens is 578 g/mol. The average Bonchev–Trinajstić information content (AvgIpc) is 3.57. The van der Waals surface area contributed by atoms with Crippen molar-refractivity contribution in [3.05, 3.63) is 87.3 Å². The van der Waals surface area contributed by atoms with Crippen LogP contribution in [0.3, 0.4) is 0 Å². The van der Waals surface area contributed by atoms with Crippen molar-refractivity contribution in [2.45, 2.75) is 19.2 Å². The van der Waals surface area contributed by atoms with Gasteiger partial charge in [-0.05, 0) is 41.1 Å². The zero-order chi connectivity index (χ0) is 26.0. The van der Waals surface area contributed by atoms with E-state index in [1.807, 2.05) is 61.5 Å². The van der Waals surface area contributed by atoms with E-state index < -0.39 is 9.84 Å². The number of rotatable bonds is 9. The van der Waals surface area contributed by atoms with E-state index in [2.05, 4.69) is 36.5 Å². The molecule has 9 nitrogen and oxygen atoms in total. The summed E-state index contributed by atoms with van der Waals surface area (Å²) in [6.45, 7) is 2.12. The molecule has 1 N–H and O–H groups in total. The van der Waals surface area contributed by atoms with Gasteiger partial charge in [0.2, 0.25) is 5.89 Å². The van der Waals surface area contributed by atoms with Crippen molar-refractivity contribution in [1.82, 2.24) is 25.3 Å². The number of thiophene rings is 1. The molecule has 0 aliphatic carbocycles. The monoisotopic (exact) mass is 599 g/mol. The van der Waals surface area contributed by atoms with Crippen LogP contribution < -0.4 is 5.32 Å². The molecule has 0 spiro atoms. The number of benzene rings is 2. The van der Waals surface area contributed by atoms with Crippen molar-refractivity contribution in [3.8, 4) is 11.5 Å². The Morgan fingerprint density at radius 2 is 1.89 bits per heavy atom. The third-order valence-corrected chi connectivity index (χ3v) is 9.44. The first kappa shape index (κ1) is 25.3. The van der Waals surface area contributed by atoms with E-state index in [1.165, 1.54) is 16.0 Å². The van der Waals surface area contributed by atoms with Crippen molar-refractivity contribution >= 4 is 53.1 Å². The summed E-state index contributed by atoms with van der Waals surface area (Å²) in [5, 5.41) is 11.7. The van der Waals surface area contributed by atoms with Gasteiger partial charge < -0.3 is 9.73 Å². The number of carbonyl (C=O) groups is 1. The zero-order valence-electron chi connectivity index (χ0n) is 19.7. The van der Waals surface area contributed by atoms with Gasteiger partial charge in [-0.2, -0.15) is 0 Å². The molecule has 3 heterocycles. The second kappa shape index (κ2) is 10.6. The lowest BCUT2D eigenvalue weighted by atomic mass is 10.2. The van der Waals surface area contributed by atoms with Crippen LogP contribution in [-0.2, 0) is 22.1 Å². The summed E-state index contributed by atoms with van der Waals surface area (Å²) >= 11 is 4.83. The molecule has 0 saturated carbocycles. The van der Waals surface area contributed by atoms with Gasteiger partial charge in [-0.15, -0.1) is 16.4 Å². The Labute approximate surface area is 225 Å². The van der Waals surface area contributed by atoms with Gasteiger partial charge in [-0.25, -0.2) is 18.1 Å². The molecule has 5 rings (SSSR count). The number of fused-ring (bicyclic) bond motifs is 1. The number of hydrogen-bond donors (Lipinski definition) is 1. The highest BCUT2D eigenvalue weighted by Gasteiger charge is 2.19. The summed E-state index contributed by atoms with van der Waals surface area (Å²) in [7, 11) is -3.52. The van der Waals surface area contributed by atoms with Crippen LogP contribution in [0.15, 0.2) is 69.7 Å². The molecule has 2 aromatic carbocycles. The predicted octanol–water partition coefficient (Wildman–Crippen LogP) is 4.61. The SMILES string of the molecule is Cc1oc(-c2ccccc2)nc1Cn1cc(CS(=O)(=O)CCNC(=O)c2sc3ccccc3c2Br)nn1. The normalized spacial score (nSPS) is 11.7. The highest BCUT2D eigenvalue weighted by molar-refractivity contribution is 9.10. The lowest BCUT2D eigenvalue weighted by Crippen LogP contribution is -2.29. The largest absolute Gasteiger partial charge is 0.441 e. The number of aromatic nitrogens is 4. The topological polar surface area (TPSA) is 120 Å². The number of halogens is 1. The second-order valence-electron chi connectivity index (χ2n) is 8.38. The van der Waals surface area contributed by atoms with Crippen LogP contribution >= 0.6 is 27.3 Å². The number of nitrogens with zero attached hydrogens (tertiary/aromatic N) is 4. The Morgan fingerprint density at radius 1 is 1.14 bits per heavy atom. The van der Waals surface area contributed by atoms with Crippen LogP contribution in [0.25, 0.3) is 21.5 Å². The van der Waals surface area contributed by atoms with E-state index in [0.29, 0.717) is 38.9 Å². The van der Waals surface area contributed by atoms with E-state index in [4.69, 9.17) is 4.42 Å². The minimum absolute atomic E-state index is 0.00359. The number of aryl methyl sites for hydroxylation is 1. The van der Waals surface area contributed by atoms with Gasteiger partial charge in [0.15, 0.2) is 9.84 Å². The van der Waals surface area contributed by atoms with E-state index in [-0.39, 0.29) is 24.0 Å². The van der Waals surface area contributed by atoms with E-state index in [0.717, 1.165) is 15.6 Å². The minimum Gasteiger partial charge on any atom is -0.441 e. The van der Waals surface area contributed by atoms with Crippen molar-refractivity contribution in [3.63, 3.8) is 0 Å². The summed E-state index contributed by atoms with van der Waals surface area (Å²) in [5.74, 6) is 0.372. The minimum atomic E-state index is -3.52. The highest BCUT2D eigenvalue weighted by Crippen LogP contribution is 2.35. The number of amides is 1. The number of sulfone groups is 1. The summed E-state index contributed by atoms with van der Waals surface area (Å²) < 4.78 is 34.3. The van der Waals surface area contributed by atoms with E-state index >= 15 is 0 Å². The molecule has 0 aliphatic heterocycles. The molecule has 0 fully saturated rings. The van der Waals surface area contributed by atoms with Gasteiger partial charge in [0.05, 0.1) is 23.7 Å². The first-order valence-corrected chi connectivity index (χ1v) is 14.8. The van der Waals surface area contributed by atoms with Crippen molar-refractivity contribution in [1.29, 1.82) is 0 Å². The molecule has 0 saturated heterocycles. The molecule has 0 aliphatic rings. The van der Waals surface area contributed by atoms with Gasteiger partial charge in [0, 0.05) is 32.9 Å². The van der Waals surface area contributed by atoms with E-state index in [1.54, 1.807) is 6.20 Å². The third kappa shape index (κ3) is 5.81. The standard InChI is InChI=1S/C25H22BrN5O4S2/c1-16-20(28-25(35-16)17-7-3-2-4-8-17)14-31-13-18(29-30-31)15-37(33,34)12-11-27-24(32)23-22(26)19-9-5-6-10-21(19)36-23/h2-10,13H,11-12,14-15H2,1H3,(H,27,32). The molecule has 0 atom stereocenters.